The molecule has 74 valence electrons. The largest absolute Gasteiger partial charge is 0.380 e. The Balaban J connectivity index is 1.85. The lowest BCUT2D eigenvalue weighted by Crippen LogP contribution is -2.51. The SMILES string of the molecule is CCC1(CN2CC=CCC2)COC1. The molecule has 0 radical (unpaired) electrons. The summed E-state index contributed by atoms with van der Waals surface area (Å²) in [7, 11) is 0. The summed E-state index contributed by atoms with van der Waals surface area (Å²) >= 11 is 0. The molecule has 0 saturated carbocycles. The van der Waals surface area contributed by atoms with E-state index in [9.17, 15) is 0 Å². The van der Waals surface area contributed by atoms with Crippen molar-refractivity contribution in [1.82, 2.24) is 4.90 Å². The van der Waals surface area contributed by atoms with Crippen LogP contribution in [0.4, 0.5) is 0 Å². The highest BCUT2D eigenvalue weighted by molar-refractivity contribution is 4.95. The van der Waals surface area contributed by atoms with Gasteiger partial charge in [-0.3, -0.25) is 4.90 Å². The maximum Gasteiger partial charge on any atom is 0.0557 e. The van der Waals surface area contributed by atoms with Crippen LogP contribution < -0.4 is 0 Å². The Morgan fingerprint density at radius 3 is 2.69 bits per heavy atom. The van der Waals surface area contributed by atoms with Gasteiger partial charge in [-0.1, -0.05) is 19.1 Å². The van der Waals surface area contributed by atoms with E-state index in [1.54, 1.807) is 0 Å². The Labute approximate surface area is 80.6 Å². The summed E-state index contributed by atoms with van der Waals surface area (Å²) in [5.74, 6) is 0. The number of hydrogen-bond donors (Lipinski definition) is 0. The van der Waals surface area contributed by atoms with Crippen LogP contribution in [0.1, 0.15) is 19.8 Å². The maximum absolute atomic E-state index is 5.33. The minimum Gasteiger partial charge on any atom is -0.380 e. The van der Waals surface area contributed by atoms with Crippen LogP contribution in [-0.2, 0) is 4.74 Å². The second-order valence-electron chi connectivity index (χ2n) is 4.34. The van der Waals surface area contributed by atoms with E-state index >= 15 is 0 Å². The fourth-order valence-electron chi connectivity index (χ4n) is 2.11. The van der Waals surface area contributed by atoms with E-state index < -0.39 is 0 Å². The first-order chi connectivity index (χ1) is 6.35. The maximum atomic E-state index is 5.33. The summed E-state index contributed by atoms with van der Waals surface area (Å²) < 4.78 is 5.33. The molecule has 2 heterocycles. The van der Waals surface area contributed by atoms with E-state index in [1.807, 2.05) is 0 Å². The molecule has 13 heavy (non-hydrogen) atoms. The molecule has 0 aliphatic carbocycles. The van der Waals surface area contributed by atoms with Crippen molar-refractivity contribution in [3.05, 3.63) is 12.2 Å². The number of ether oxygens (including phenoxy) is 1. The first kappa shape index (κ1) is 9.22. The van der Waals surface area contributed by atoms with E-state index in [2.05, 4.69) is 24.0 Å². The third-order valence-corrected chi connectivity index (χ3v) is 3.27. The zero-order valence-corrected chi connectivity index (χ0v) is 8.46. The molecule has 0 bridgehead atoms. The fourth-order valence-corrected chi connectivity index (χ4v) is 2.11. The summed E-state index contributed by atoms with van der Waals surface area (Å²) in [6.07, 6.45) is 7.05. The quantitative estimate of drug-likeness (QED) is 0.614. The highest BCUT2D eigenvalue weighted by Gasteiger charge is 2.38. The molecule has 0 aromatic rings. The topological polar surface area (TPSA) is 12.5 Å². The average Bonchev–Trinajstić information content (AvgIpc) is 2.13. The third kappa shape index (κ3) is 1.94. The van der Waals surface area contributed by atoms with Crippen LogP contribution >= 0.6 is 0 Å². The summed E-state index contributed by atoms with van der Waals surface area (Å²) in [5.41, 5.74) is 0.491. The molecule has 2 aliphatic rings. The van der Waals surface area contributed by atoms with Gasteiger partial charge in [0.2, 0.25) is 0 Å². The lowest BCUT2D eigenvalue weighted by Gasteiger charge is -2.44. The molecule has 1 fully saturated rings. The Morgan fingerprint density at radius 1 is 1.38 bits per heavy atom. The van der Waals surface area contributed by atoms with Crippen molar-refractivity contribution in [2.24, 2.45) is 5.41 Å². The molecule has 2 rings (SSSR count). The van der Waals surface area contributed by atoms with Crippen molar-refractivity contribution < 1.29 is 4.74 Å². The molecule has 0 amide bonds. The van der Waals surface area contributed by atoms with Crippen LogP contribution in [0.3, 0.4) is 0 Å². The van der Waals surface area contributed by atoms with Crippen LogP contribution in [0.15, 0.2) is 12.2 Å². The molecule has 0 spiro atoms. The first-order valence-corrected chi connectivity index (χ1v) is 5.30. The lowest BCUT2D eigenvalue weighted by molar-refractivity contribution is -0.127. The highest BCUT2D eigenvalue weighted by Crippen LogP contribution is 2.32. The van der Waals surface area contributed by atoms with Crippen LogP contribution in [0.5, 0.6) is 0 Å². The van der Waals surface area contributed by atoms with Gasteiger partial charge in [0, 0.05) is 25.0 Å². The second-order valence-corrected chi connectivity index (χ2v) is 4.34. The molecule has 2 aliphatic heterocycles. The predicted molar refractivity (Wildman–Crippen MR) is 53.7 cm³/mol. The standard InChI is InChI=1S/C11H19NO/c1-2-11(9-13-10-11)8-12-6-4-3-5-7-12/h3-4H,2,5-10H2,1H3. The second kappa shape index (κ2) is 3.81. The third-order valence-electron chi connectivity index (χ3n) is 3.27. The smallest absolute Gasteiger partial charge is 0.0557 e. The molecule has 0 aromatic heterocycles. The molecule has 0 N–H and O–H groups in total. The van der Waals surface area contributed by atoms with Crippen molar-refractivity contribution in [3.63, 3.8) is 0 Å². The zero-order valence-electron chi connectivity index (χ0n) is 8.46. The van der Waals surface area contributed by atoms with Crippen molar-refractivity contribution in [2.45, 2.75) is 19.8 Å². The van der Waals surface area contributed by atoms with Gasteiger partial charge in [-0.05, 0) is 12.8 Å². The van der Waals surface area contributed by atoms with E-state index in [0.29, 0.717) is 5.41 Å². The highest BCUT2D eigenvalue weighted by atomic mass is 16.5. The van der Waals surface area contributed by atoms with Crippen LogP contribution in [0.25, 0.3) is 0 Å². The minimum absolute atomic E-state index is 0.491. The monoisotopic (exact) mass is 181 g/mol. The summed E-state index contributed by atoms with van der Waals surface area (Å²) in [6, 6.07) is 0. The fraction of sp³-hybridized carbons (Fsp3) is 0.818. The zero-order chi connectivity index (χ0) is 9.15. The van der Waals surface area contributed by atoms with Gasteiger partial charge in [-0.15, -0.1) is 0 Å². The Kier molecular flexibility index (Phi) is 2.70. The van der Waals surface area contributed by atoms with Crippen molar-refractivity contribution >= 4 is 0 Å². The summed E-state index contributed by atoms with van der Waals surface area (Å²) in [5, 5.41) is 0. The molecule has 0 atom stereocenters. The summed E-state index contributed by atoms with van der Waals surface area (Å²) in [4.78, 5) is 2.55. The van der Waals surface area contributed by atoms with E-state index in [1.165, 1.54) is 25.9 Å². The Morgan fingerprint density at radius 2 is 2.23 bits per heavy atom. The minimum atomic E-state index is 0.491. The number of nitrogens with zero attached hydrogens (tertiary/aromatic N) is 1. The van der Waals surface area contributed by atoms with E-state index in [4.69, 9.17) is 4.74 Å². The van der Waals surface area contributed by atoms with Crippen LogP contribution in [0, 0.1) is 5.41 Å². The lowest BCUT2D eigenvalue weighted by atomic mass is 9.82. The molecular formula is C11H19NO. The van der Waals surface area contributed by atoms with Crippen molar-refractivity contribution in [1.29, 1.82) is 0 Å². The van der Waals surface area contributed by atoms with E-state index in [-0.39, 0.29) is 0 Å². The molecule has 1 saturated heterocycles. The predicted octanol–water partition coefficient (Wildman–Crippen LogP) is 1.67. The number of rotatable bonds is 3. The van der Waals surface area contributed by atoms with E-state index in [0.717, 1.165) is 19.8 Å². The van der Waals surface area contributed by atoms with Crippen LogP contribution in [0.2, 0.25) is 0 Å². The van der Waals surface area contributed by atoms with Gasteiger partial charge in [-0.2, -0.15) is 0 Å². The molecule has 2 heteroatoms. The van der Waals surface area contributed by atoms with Crippen molar-refractivity contribution in [3.8, 4) is 0 Å². The van der Waals surface area contributed by atoms with Gasteiger partial charge in [0.1, 0.15) is 0 Å². The Hall–Kier alpha value is -0.340. The van der Waals surface area contributed by atoms with Gasteiger partial charge in [0.15, 0.2) is 0 Å². The molecular weight excluding hydrogens is 162 g/mol. The normalized spacial score (nSPS) is 27.2. The molecule has 0 aromatic carbocycles. The molecule has 2 nitrogen and oxygen atoms in total. The average molecular weight is 181 g/mol. The Bertz CT molecular complexity index is 191. The first-order valence-electron chi connectivity index (χ1n) is 5.30. The number of hydrogen-bond acceptors (Lipinski definition) is 2. The van der Waals surface area contributed by atoms with Gasteiger partial charge < -0.3 is 4.74 Å². The van der Waals surface area contributed by atoms with Crippen LogP contribution in [-0.4, -0.2) is 37.7 Å². The summed E-state index contributed by atoms with van der Waals surface area (Å²) in [6.45, 7) is 7.84. The van der Waals surface area contributed by atoms with Gasteiger partial charge in [0.05, 0.1) is 13.2 Å². The van der Waals surface area contributed by atoms with Gasteiger partial charge >= 0.3 is 0 Å². The van der Waals surface area contributed by atoms with Gasteiger partial charge in [0.25, 0.3) is 0 Å². The van der Waals surface area contributed by atoms with Gasteiger partial charge in [-0.25, -0.2) is 0 Å². The molecule has 0 unspecified atom stereocenters. The van der Waals surface area contributed by atoms with Crippen molar-refractivity contribution in [2.75, 3.05) is 32.8 Å².